The average molecular weight is 444 g/mol. The predicted molar refractivity (Wildman–Crippen MR) is 110 cm³/mol. The molecule has 0 aromatic heterocycles. The van der Waals surface area contributed by atoms with Crippen molar-refractivity contribution in [2.75, 3.05) is 19.6 Å². The molecule has 0 unspecified atom stereocenters. The number of rotatable bonds is 7. The van der Waals surface area contributed by atoms with Crippen molar-refractivity contribution in [1.29, 1.82) is 0 Å². The molecule has 0 saturated heterocycles. The Bertz CT molecular complexity index is 541. The Balaban J connectivity index is 0.00000288. The topological polar surface area (TPSA) is 65.5 Å². The maximum atomic E-state index is 11.8. The maximum absolute atomic E-state index is 11.8. The van der Waals surface area contributed by atoms with Crippen molar-refractivity contribution in [2.24, 2.45) is 4.99 Å². The van der Waals surface area contributed by atoms with Gasteiger partial charge in [-0.3, -0.25) is 4.79 Å². The highest BCUT2D eigenvalue weighted by Gasteiger charge is 2.23. The molecule has 2 rings (SSSR count). The van der Waals surface area contributed by atoms with E-state index in [1.165, 1.54) is 5.56 Å². The molecule has 1 saturated carbocycles. The molecule has 1 fully saturated rings. The first kappa shape index (κ1) is 20.7. The SMILES string of the molecule is CCNC(=NCC(=O)NC1CC1)NCC(C)(C)c1ccccc1.I. The molecule has 1 aliphatic rings. The molecule has 5 nitrogen and oxygen atoms in total. The quantitative estimate of drug-likeness (QED) is 0.344. The van der Waals surface area contributed by atoms with E-state index in [-0.39, 0.29) is 41.8 Å². The van der Waals surface area contributed by atoms with Gasteiger partial charge in [0.25, 0.3) is 0 Å². The van der Waals surface area contributed by atoms with Gasteiger partial charge in [0.2, 0.25) is 5.91 Å². The lowest BCUT2D eigenvalue weighted by Gasteiger charge is -2.26. The van der Waals surface area contributed by atoms with Gasteiger partial charge in [0.1, 0.15) is 6.54 Å². The van der Waals surface area contributed by atoms with E-state index < -0.39 is 0 Å². The lowest BCUT2D eigenvalue weighted by Crippen LogP contribution is -2.44. The van der Waals surface area contributed by atoms with Crippen LogP contribution in [0.4, 0.5) is 0 Å². The van der Waals surface area contributed by atoms with Crippen LogP contribution in [-0.4, -0.2) is 37.5 Å². The second kappa shape index (κ2) is 9.86. The molecule has 24 heavy (non-hydrogen) atoms. The highest BCUT2D eigenvalue weighted by atomic mass is 127. The van der Waals surface area contributed by atoms with Gasteiger partial charge >= 0.3 is 0 Å². The van der Waals surface area contributed by atoms with Crippen molar-refractivity contribution in [3.8, 4) is 0 Å². The first-order valence-corrected chi connectivity index (χ1v) is 8.38. The molecule has 1 aromatic carbocycles. The summed E-state index contributed by atoms with van der Waals surface area (Å²) in [5.41, 5.74) is 1.25. The van der Waals surface area contributed by atoms with Gasteiger partial charge < -0.3 is 16.0 Å². The molecular weight excluding hydrogens is 415 g/mol. The van der Waals surface area contributed by atoms with E-state index in [1.807, 2.05) is 13.0 Å². The number of nitrogens with one attached hydrogen (secondary N) is 3. The zero-order valence-corrected chi connectivity index (χ0v) is 17.1. The van der Waals surface area contributed by atoms with Gasteiger partial charge in [-0.25, -0.2) is 4.99 Å². The summed E-state index contributed by atoms with van der Waals surface area (Å²) in [5, 5.41) is 9.48. The fraction of sp³-hybridized carbons (Fsp3) is 0.556. The molecule has 6 heteroatoms. The Hall–Kier alpha value is -1.31. The second-order valence-corrected chi connectivity index (χ2v) is 6.64. The van der Waals surface area contributed by atoms with Crippen LogP contribution in [0.15, 0.2) is 35.3 Å². The van der Waals surface area contributed by atoms with Crippen molar-refractivity contribution in [2.45, 2.75) is 45.1 Å². The van der Waals surface area contributed by atoms with Crippen LogP contribution < -0.4 is 16.0 Å². The Morgan fingerprint density at radius 2 is 1.88 bits per heavy atom. The number of benzene rings is 1. The van der Waals surface area contributed by atoms with Gasteiger partial charge in [0, 0.05) is 24.5 Å². The first-order valence-electron chi connectivity index (χ1n) is 8.38. The van der Waals surface area contributed by atoms with Crippen LogP contribution in [0.2, 0.25) is 0 Å². The molecular formula is C18H29IN4O. The average Bonchev–Trinajstić information content (AvgIpc) is 3.35. The Morgan fingerprint density at radius 3 is 2.46 bits per heavy atom. The van der Waals surface area contributed by atoms with E-state index in [0.717, 1.165) is 25.9 Å². The molecule has 0 aliphatic heterocycles. The number of carbonyl (C=O) groups excluding carboxylic acids is 1. The normalized spacial score (nSPS) is 14.5. The highest BCUT2D eigenvalue weighted by molar-refractivity contribution is 14.0. The minimum Gasteiger partial charge on any atom is -0.357 e. The van der Waals surface area contributed by atoms with Crippen molar-refractivity contribution < 1.29 is 4.79 Å². The van der Waals surface area contributed by atoms with Crippen LogP contribution in [0.25, 0.3) is 0 Å². The summed E-state index contributed by atoms with van der Waals surface area (Å²) in [7, 11) is 0. The summed E-state index contributed by atoms with van der Waals surface area (Å²) >= 11 is 0. The summed E-state index contributed by atoms with van der Waals surface area (Å²) in [6.45, 7) is 8.08. The van der Waals surface area contributed by atoms with Crippen molar-refractivity contribution >= 4 is 35.8 Å². The largest absolute Gasteiger partial charge is 0.357 e. The fourth-order valence-electron chi connectivity index (χ4n) is 2.29. The van der Waals surface area contributed by atoms with Crippen LogP contribution in [-0.2, 0) is 10.2 Å². The number of guanidine groups is 1. The van der Waals surface area contributed by atoms with E-state index in [4.69, 9.17) is 0 Å². The van der Waals surface area contributed by atoms with Crippen LogP contribution in [0.5, 0.6) is 0 Å². The maximum Gasteiger partial charge on any atom is 0.242 e. The molecule has 1 aliphatic carbocycles. The van der Waals surface area contributed by atoms with Crippen LogP contribution >= 0.6 is 24.0 Å². The monoisotopic (exact) mass is 444 g/mol. The summed E-state index contributed by atoms with van der Waals surface area (Å²) in [5.74, 6) is 0.675. The van der Waals surface area contributed by atoms with E-state index in [1.54, 1.807) is 0 Å². The van der Waals surface area contributed by atoms with Gasteiger partial charge in [-0.05, 0) is 25.3 Å². The number of carbonyl (C=O) groups is 1. The highest BCUT2D eigenvalue weighted by Crippen LogP contribution is 2.21. The van der Waals surface area contributed by atoms with E-state index in [0.29, 0.717) is 12.0 Å². The second-order valence-electron chi connectivity index (χ2n) is 6.64. The van der Waals surface area contributed by atoms with Gasteiger partial charge in [-0.15, -0.1) is 24.0 Å². The Labute approximate surface area is 162 Å². The van der Waals surface area contributed by atoms with Gasteiger partial charge in [-0.1, -0.05) is 44.2 Å². The molecule has 0 radical (unpaired) electrons. The molecule has 0 heterocycles. The zero-order chi connectivity index (χ0) is 16.7. The van der Waals surface area contributed by atoms with E-state index in [2.05, 4.69) is 59.1 Å². The molecule has 0 atom stereocenters. The molecule has 1 amide bonds. The van der Waals surface area contributed by atoms with Crippen LogP contribution in [0.3, 0.4) is 0 Å². The number of hydrogen-bond donors (Lipinski definition) is 3. The Kier molecular flexibility index (Phi) is 8.52. The molecule has 134 valence electrons. The first-order chi connectivity index (χ1) is 11.0. The minimum atomic E-state index is -0.0201. The summed E-state index contributed by atoms with van der Waals surface area (Å²) in [4.78, 5) is 16.1. The van der Waals surface area contributed by atoms with Crippen LogP contribution in [0, 0.1) is 0 Å². The zero-order valence-electron chi connectivity index (χ0n) is 14.8. The molecule has 0 bridgehead atoms. The summed E-state index contributed by atoms with van der Waals surface area (Å²) in [6.07, 6.45) is 2.19. The number of halogens is 1. The third-order valence-electron chi connectivity index (χ3n) is 3.92. The van der Waals surface area contributed by atoms with Gasteiger partial charge in [0.05, 0.1) is 0 Å². The van der Waals surface area contributed by atoms with Crippen LogP contribution in [0.1, 0.15) is 39.2 Å². The van der Waals surface area contributed by atoms with Crippen molar-refractivity contribution in [1.82, 2.24) is 16.0 Å². The molecule has 3 N–H and O–H groups in total. The molecule has 1 aromatic rings. The van der Waals surface area contributed by atoms with E-state index >= 15 is 0 Å². The fourth-order valence-corrected chi connectivity index (χ4v) is 2.29. The van der Waals surface area contributed by atoms with Gasteiger partial charge in [-0.2, -0.15) is 0 Å². The van der Waals surface area contributed by atoms with Gasteiger partial charge in [0.15, 0.2) is 5.96 Å². The summed E-state index contributed by atoms with van der Waals surface area (Å²) in [6, 6.07) is 10.8. The number of aliphatic imine (C=N–C) groups is 1. The number of amides is 1. The summed E-state index contributed by atoms with van der Waals surface area (Å²) < 4.78 is 0. The van der Waals surface area contributed by atoms with E-state index in [9.17, 15) is 4.79 Å². The standard InChI is InChI=1S/C18H28N4O.HI/c1-4-19-17(20-12-16(23)22-15-10-11-15)21-13-18(2,3)14-8-6-5-7-9-14;/h5-9,15H,4,10-13H2,1-3H3,(H,22,23)(H2,19,20,21);1H. The van der Waals surface area contributed by atoms with Crippen molar-refractivity contribution in [3.05, 3.63) is 35.9 Å². The minimum absolute atomic E-state index is 0. The Morgan fingerprint density at radius 1 is 1.21 bits per heavy atom. The third-order valence-corrected chi connectivity index (χ3v) is 3.92. The predicted octanol–water partition coefficient (Wildman–Crippen LogP) is 2.42. The van der Waals surface area contributed by atoms with Crippen molar-refractivity contribution in [3.63, 3.8) is 0 Å². The lowest BCUT2D eigenvalue weighted by atomic mass is 9.85. The molecule has 0 spiro atoms. The number of nitrogens with zero attached hydrogens (tertiary/aromatic N) is 1. The lowest BCUT2D eigenvalue weighted by molar-refractivity contribution is -0.119. The third kappa shape index (κ3) is 7.07. The smallest absolute Gasteiger partial charge is 0.242 e. The number of hydrogen-bond acceptors (Lipinski definition) is 2.